The fourth-order valence-electron chi connectivity index (χ4n) is 1.45. The zero-order chi connectivity index (χ0) is 13.5. The molecule has 0 aliphatic rings. The van der Waals surface area contributed by atoms with Crippen molar-refractivity contribution >= 4 is 11.6 Å². The van der Waals surface area contributed by atoms with Crippen LogP contribution in [0.5, 0.6) is 11.6 Å². The van der Waals surface area contributed by atoms with Gasteiger partial charge >= 0.3 is 0 Å². The van der Waals surface area contributed by atoms with Gasteiger partial charge in [0, 0.05) is 18.8 Å². The summed E-state index contributed by atoms with van der Waals surface area (Å²) in [6.07, 6.45) is 7.49. The van der Waals surface area contributed by atoms with Gasteiger partial charge in [-0.15, -0.1) is 0 Å². The van der Waals surface area contributed by atoms with Crippen LogP contribution >= 0.6 is 11.6 Å². The molecule has 0 saturated heterocycles. The van der Waals surface area contributed by atoms with Crippen molar-refractivity contribution in [2.45, 2.75) is 19.9 Å². The van der Waals surface area contributed by atoms with Gasteiger partial charge in [0.15, 0.2) is 0 Å². The lowest BCUT2D eigenvalue weighted by molar-refractivity contribution is 0.456. The highest BCUT2D eigenvalue weighted by molar-refractivity contribution is 6.30. The Morgan fingerprint density at radius 3 is 2.79 bits per heavy atom. The third-order valence-electron chi connectivity index (χ3n) is 2.32. The average molecular weight is 279 g/mol. The summed E-state index contributed by atoms with van der Waals surface area (Å²) in [6.45, 7) is 3.79. The molecule has 0 aliphatic carbocycles. The summed E-state index contributed by atoms with van der Waals surface area (Å²) in [4.78, 5) is 12.4. The Morgan fingerprint density at radius 2 is 2.11 bits per heavy atom. The van der Waals surface area contributed by atoms with E-state index in [-0.39, 0.29) is 0 Å². The zero-order valence-corrected chi connectivity index (χ0v) is 11.4. The molecule has 0 aromatic carbocycles. The molecule has 0 radical (unpaired) electrons. The molecule has 0 unspecified atom stereocenters. The fourth-order valence-corrected chi connectivity index (χ4v) is 1.61. The highest BCUT2D eigenvalue weighted by Gasteiger charge is 2.01. The lowest BCUT2D eigenvalue weighted by Gasteiger charge is -2.05. The van der Waals surface area contributed by atoms with Crippen molar-refractivity contribution in [3.63, 3.8) is 0 Å². The van der Waals surface area contributed by atoms with Gasteiger partial charge in [-0.05, 0) is 13.0 Å². The van der Waals surface area contributed by atoms with Crippen molar-refractivity contribution in [2.75, 3.05) is 6.54 Å². The normalized spacial score (nSPS) is 10.4. The zero-order valence-electron chi connectivity index (χ0n) is 10.6. The standard InChI is InChI=1S/C13H15ClN4O/c1-2-3-15-6-11-7-18-13(9-17-11)19-12-4-10(14)5-16-8-12/h4-5,7-9,15H,2-3,6H2,1H3. The smallest absolute Gasteiger partial charge is 0.237 e. The van der Waals surface area contributed by atoms with E-state index >= 15 is 0 Å². The van der Waals surface area contributed by atoms with E-state index in [4.69, 9.17) is 16.3 Å². The van der Waals surface area contributed by atoms with Gasteiger partial charge in [0.2, 0.25) is 5.88 Å². The second-order valence-corrected chi connectivity index (χ2v) is 4.40. The van der Waals surface area contributed by atoms with Crippen molar-refractivity contribution in [3.05, 3.63) is 41.6 Å². The number of nitrogens with zero attached hydrogens (tertiary/aromatic N) is 3. The van der Waals surface area contributed by atoms with Crippen LogP contribution in [0.25, 0.3) is 0 Å². The number of aromatic nitrogens is 3. The summed E-state index contributed by atoms with van der Waals surface area (Å²) in [5.74, 6) is 0.960. The predicted molar refractivity (Wildman–Crippen MR) is 73.4 cm³/mol. The number of ether oxygens (including phenoxy) is 1. The van der Waals surface area contributed by atoms with Gasteiger partial charge in [-0.1, -0.05) is 18.5 Å². The number of rotatable bonds is 6. The van der Waals surface area contributed by atoms with Crippen LogP contribution in [0.4, 0.5) is 0 Å². The van der Waals surface area contributed by atoms with Crippen LogP contribution in [0.2, 0.25) is 5.02 Å². The Kier molecular flexibility index (Phi) is 5.06. The molecule has 0 atom stereocenters. The fraction of sp³-hybridized carbons (Fsp3) is 0.308. The average Bonchev–Trinajstić information content (AvgIpc) is 2.41. The number of nitrogens with one attached hydrogen (secondary N) is 1. The van der Waals surface area contributed by atoms with Crippen LogP contribution in [-0.4, -0.2) is 21.5 Å². The Hall–Kier alpha value is -1.72. The summed E-state index contributed by atoms with van der Waals surface area (Å²) in [7, 11) is 0. The highest BCUT2D eigenvalue weighted by atomic mass is 35.5. The minimum absolute atomic E-state index is 0.420. The molecule has 0 fully saturated rings. The van der Waals surface area contributed by atoms with E-state index in [0.29, 0.717) is 23.2 Å². The molecule has 0 aliphatic heterocycles. The lowest BCUT2D eigenvalue weighted by Crippen LogP contribution is -2.14. The van der Waals surface area contributed by atoms with Crippen LogP contribution in [0.3, 0.4) is 0 Å². The topological polar surface area (TPSA) is 59.9 Å². The molecular weight excluding hydrogens is 264 g/mol. The minimum Gasteiger partial charge on any atom is -0.436 e. The highest BCUT2D eigenvalue weighted by Crippen LogP contribution is 2.20. The maximum Gasteiger partial charge on any atom is 0.237 e. The molecule has 0 saturated carbocycles. The SMILES string of the molecule is CCCNCc1cnc(Oc2cncc(Cl)c2)cn1. The Labute approximate surface area is 117 Å². The molecule has 1 N–H and O–H groups in total. The second kappa shape index (κ2) is 7.01. The molecule has 2 aromatic heterocycles. The van der Waals surface area contributed by atoms with Gasteiger partial charge in [0.1, 0.15) is 5.75 Å². The molecule has 0 bridgehead atoms. The van der Waals surface area contributed by atoms with Gasteiger partial charge in [0.25, 0.3) is 0 Å². The van der Waals surface area contributed by atoms with Gasteiger partial charge in [-0.3, -0.25) is 9.97 Å². The molecule has 2 rings (SSSR count). The van der Waals surface area contributed by atoms with Crippen molar-refractivity contribution in [3.8, 4) is 11.6 Å². The van der Waals surface area contributed by atoms with Crippen LogP contribution < -0.4 is 10.1 Å². The Morgan fingerprint density at radius 1 is 1.21 bits per heavy atom. The number of hydrogen-bond acceptors (Lipinski definition) is 5. The van der Waals surface area contributed by atoms with E-state index in [9.17, 15) is 0 Å². The lowest BCUT2D eigenvalue weighted by atomic mass is 10.4. The first-order chi connectivity index (χ1) is 9.28. The van der Waals surface area contributed by atoms with Crippen molar-refractivity contribution in [2.24, 2.45) is 0 Å². The van der Waals surface area contributed by atoms with Gasteiger partial charge < -0.3 is 10.1 Å². The summed E-state index contributed by atoms with van der Waals surface area (Å²) in [6, 6.07) is 1.67. The van der Waals surface area contributed by atoms with Gasteiger partial charge in [-0.25, -0.2) is 4.98 Å². The van der Waals surface area contributed by atoms with E-state index in [0.717, 1.165) is 18.7 Å². The van der Waals surface area contributed by atoms with Crippen LogP contribution in [0, 0.1) is 0 Å². The molecule has 0 amide bonds. The summed E-state index contributed by atoms with van der Waals surface area (Å²) < 4.78 is 5.50. The third kappa shape index (κ3) is 4.46. The molecule has 2 heterocycles. The minimum atomic E-state index is 0.420. The van der Waals surface area contributed by atoms with Crippen molar-refractivity contribution in [1.82, 2.24) is 20.3 Å². The number of halogens is 1. The molecule has 19 heavy (non-hydrogen) atoms. The maximum absolute atomic E-state index is 5.82. The Balaban J connectivity index is 1.95. The van der Waals surface area contributed by atoms with E-state index in [2.05, 4.69) is 27.2 Å². The second-order valence-electron chi connectivity index (χ2n) is 3.96. The first kappa shape index (κ1) is 13.7. The monoisotopic (exact) mass is 278 g/mol. The molecule has 5 nitrogen and oxygen atoms in total. The van der Waals surface area contributed by atoms with Crippen LogP contribution in [0.1, 0.15) is 19.0 Å². The first-order valence-corrected chi connectivity index (χ1v) is 6.46. The van der Waals surface area contributed by atoms with E-state index in [1.54, 1.807) is 30.9 Å². The number of hydrogen-bond donors (Lipinski definition) is 1. The van der Waals surface area contributed by atoms with E-state index in [1.165, 1.54) is 0 Å². The van der Waals surface area contributed by atoms with Gasteiger partial charge in [-0.2, -0.15) is 0 Å². The summed E-state index contributed by atoms with van der Waals surface area (Å²) >= 11 is 5.82. The first-order valence-electron chi connectivity index (χ1n) is 6.08. The third-order valence-corrected chi connectivity index (χ3v) is 2.52. The van der Waals surface area contributed by atoms with Crippen molar-refractivity contribution < 1.29 is 4.74 Å². The summed E-state index contributed by atoms with van der Waals surface area (Å²) in [5, 5.41) is 3.78. The maximum atomic E-state index is 5.82. The molecule has 6 heteroatoms. The molecule has 0 spiro atoms. The quantitative estimate of drug-likeness (QED) is 0.824. The molecule has 100 valence electrons. The molecular formula is C13H15ClN4O. The summed E-state index contributed by atoms with van der Waals surface area (Å²) in [5.41, 5.74) is 0.880. The van der Waals surface area contributed by atoms with E-state index in [1.807, 2.05) is 0 Å². The number of pyridine rings is 1. The van der Waals surface area contributed by atoms with Crippen LogP contribution in [0.15, 0.2) is 30.9 Å². The van der Waals surface area contributed by atoms with Crippen molar-refractivity contribution in [1.29, 1.82) is 0 Å². The Bertz CT molecular complexity index is 518. The molecule has 2 aromatic rings. The van der Waals surface area contributed by atoms with Crippen LogP contribution in [-0.2, 0) is 6.54 Å². The van der Waals surface area contributed by atoms with E-state index < -0.39 is 0 Å². The predicted octanol–water partition coefficient (Wildman–Crippen LogP) is 2.82. The van der Waals surface area contributed by atoms with Gasteiger partial charge in [0.05, 0.1) is 29.3 Å². The largest absolute Gasteiger partial charge is 0.436 e.